The van der Waals surface area contributed by atoms with Crippen molar-refractivity contribution in [3.05, 3.63) is 34.1 Å². The number of benzene rings is 1. The Morgan fingerprint density at radius 3 is 2.94 bits per heavy atom. The third kappa shape index (κ3) is 3.09. The average Bonchev–Trinajstić information content (AvgIpc) is 2.37. The van der Waals surface area contributed by atoms with Crippen LogP contribution in [0.3, 0.4) is 0 Å². The predicted molar refractivity (Wildman–Crippen MR) is 74.8 cm³/mol. The quantitative estimate of drug-likeness (QED) is 0.921. The van der Waals surface area contributed by atoms with Gasteiger partial charge in [0.15, 0.2) is 0 Å². The first-order valence-electron chi connectivity index (χ1n) is 6.17. The van der Waals surface area contributed by atoms with Crippen LogP contribution in [-0.2, 0) is 6.54 Å². The third-order valence-corrected chi connectivity index (χ3v) is 4.37. The van der Waals surface area contributed by atoms with Crippen LogP contribution < -0.4 is 5.73 Å². The fourth-order valence-electron chi connectivity index (χ4n) is 2.37. The molecule has 100 valence electrons. The van der Waals surface area contributed by atoms with Gasteiger partial charge in [0, 0.05) is 38.8 Å². The van der Waals surface area contributed by atoms with Gasteiger partial charge in [-0.1, -0.05) is 12.1 Å². The standard InChI is InChI=1S/C13H19BrFN3/c1-17-5-6-18(11(7-16)9-17)8-10-3-2-4-12(15)13(10)14/h2-4,11H,5-9,16H2,1H3. The van der Waals surface area contributed by atoms with Gasteiger partial charge in [0.2, 0.25) is 0 Å². The number of hydrogen-bond acceptors (Lipinski definition) is 3. The van der Waals surface area contributed by atoms with Gasteiger partial charge < -0.3 is 10.6 Å². The first-order chi connectivity index (χ1) is 8.61. The van der Waals surface area contributed by atoms with Crippen LogP contribution in [-0.4, -0.2) is 49.1 Å². The summed E-state index contributed by atoms with van der Waals surface area (Å²) in [5.74, 6) is -0.203. The van der Waals surface area contributed by atoms with Crippen molar-refractivity contribution in [3.63, 3.8) is 0 Å². The summed E-state index contributed by atoms with van der Waals surface area (Å²) < 4.78 is 14.0. The number of nitrogens with zero attached hydrogens (tertiary/aromatic N) is 2. The maximum absolute atomic E-state index is 13.5. The van der Waals surface area contributed by atoms with E-state index >= 15 is 0 Å². The van der Waals surface area contributed by atoms with Crippen molar-refractivity contribution in [2.75, 3.05) is 33.2 Å². The maximum Gasteiger partial charge on any atom is 0.137 e. The summed E-state index contributed by atoms with van der Waals surface area (Å²) in [7, 11) is 2.11. The SMILES string of the molecule is CN1CCN(Cc2cccc(F)c2Br)C(CN)C1. The zero-order chi connectivity index (χ0) is 13.1. The minimum Gasteiger partial charge on any atom is -0.329 e. The second-order valence-electron chi connectivity index (χ2n) is 4.84. The molecule has 0 amide bonds. The minimum absolute atomic E-state index is 0.203. The zero-order valence-corrected chi connectivity index (χ0v) is 12.2. The van der Waals surface area contributed by atoms with E-state index in [-0.39, 0.29) is 5.82 Å². The van der Waals surface area contributed by atoms with Crippen molar-refractivity contribution in [1.29, 1.82) is 0 Å². The van der Waals surface area contributed by atoms with Gasteiger partial charge in [0.25, 0.3) is 0 Å². The van der Waals surface area contributed by atoms with E-state index in [1.54, 1.807) is 6.07 Å². The number of piperazine rings is 1. The summed E-state index contributed by atoms with van der Waals surface area (Å²) >= 11 is 3.32. The Morgan fingerprint density at radius 1 is 1.44 bits per heavy atom. The molecule has 0 saturated carbocycles. The van der Waals surface area contributed by atoms with Gasteiger partial charge in [-0.2, -0.15) is 0 Å². The highest BCUT2D eigenvalue weighted by Gasteiger charge is 2.24. The summed E-state index contributed by atoms with van der Waals surface area (Å²) in [5, 5.41) is 0. The molecule has 1 unspecified atom stereocenters. The molecule has 1 fully saturated rings. The molecule has 3 nitrogen and oxygen atoms in total. The molecule has 1 aliphatic rings. The van der Waals surface area contributed by atoms with E-state index in [0.29, 0.717) is 17.1 Å². The second-order valence-corrected chi connectivity index (χ2v) is 5.63. The van der Waals surface area contributed by atoms with E-state index in [9.17, 15) is 4.39 Å². The highest BCUT2D eigenvalue weighted by atomic mass is 79.9. The van der Waals surface area contributed by atoms with Crippen molar-refractivity contribution in [1.82, 2.24) is 9.80 Å². The molecule has 2 N–H and O–H groups in total. The average molecular weight is 316 g/mol. The van der Waals surface area contributed by atoms with Crippen molar-refractivity contribution >= 4 is 15.9 Å². The molecular formula is C13H19BrFN3. The van der Waals surface area contributed by atoms with Gasteiger partial charge in [-0.05, 0) is 34.6 Å². The number of halogens is 2. The lowest BCUT2D eigenvalue weighted by Gasteiger charge is -2.39. The molecule has 1 aliphatic heterocycles. The van der Waals surface area contributed by atoms with Gasteiger partial charge >= 0.3 is 0 Å². The fraction of sp³-hybridized carbons (Fsp3) is 0.538. The molecule has 0 spiro atoms. The molecule has 0 radical (unpaired) electrons. The summed E-state index contributed by atoms with van der Waals surface area (Å²) in [6.07, 6.45) is 0. The molecule has 5 heteroatoms. The monoisotopic (exact) mass is 315 g/mol. The lowest BCUT2D eigenvalue weighted by Crippen LogP contribution is -2.54. The number of rotatable bonds is 3. The topological polar surface area (TPSA) is 32.5 Å². The van der Waals surface area contributed by atoms with Crippen molar-refractivity contribution in [2.24, 2.45) is 5.73 Å². The smallest absolute Gasteiger partial charge is 0.137 e. The maximum atomic E-state index is 13.5. The number of nitrogens with two attached hydrogens (primary N) is 1. The van der Waals surface area contributed by atoms with Gasteiger partial charge in [-0.15, -0.1) is 0 Å². The normalized spacial score (nSPS) is 22.3. The Bertz CT molecular complexity index is 413. The Morgan fingerprint density at radius 2 is 2.22 bits per heavy atom. The largest absolute Gasteiger partial charge is 0.329 e. The number of likely N-dealkylation sites (N-methyl/N-ethyl adjacent to an activating group) is 1. The Kier molecular flexibility index (Phi) is 4.72. The van der Waals surface area contributed by atoms with Crippen LogP contribution in [0.5, 0.6) is 0 Å². The Labute approximate surface area is 116 Å². The minimum atomic E-state index is -0.203. The Hall–Kier alpha value is -0.490. The van der Waals surface area contributed by atoms with Gasteiger partial charge in [-0.3, -0.25) is 4.90 Å². The molecule has 1 atom stereocenters. The van der Waals surface area contributed by atoms with Crippen LogP contribution in [0.2, 0.25) is 0 Å². The molecule has 2 rings (SSSR count). The van der Waals surface area contributed by atoms with E-state index in [2.05, 4.69) is 32.8 Å². The first kappa shape index (κ1) is 13.9. The highest BCUT2D eigenvalue weighted by Crippen LogP contribution is 2.23. The summed E-state index contributed by atoms with van der Waals surface area (Å²) in [5.41, 5.74) is 6.81. The van der Waals surface area contributed by atoms with E-state index < -0.39 is 0 Å². The molecule has 0 bridgehead atoms. The zero-order valence-electron chi connectivity index (χ0n) is 10.6. The lowest BCUT2D eigenvalue weighted by molar-refractivity contribution is 0.0878. The third-order valence-electron chi connectivity index (χ3n) is 3.48. The van der Waals surface area contributed by atoms with E-state index in [0.717, 1.165) is 31.7 Å². The van der Waals surface area contributed by atoms with Gasteiger partial charge in [0.1, 0.15) is 5.82 Å². The van der Waals surface area contributed by atoms with Crippen LogP contribution in [0.4, 0.5) is 4.39 Å². The van der Waals surface area contributed by atoms with Crippen LogP contribution in [0, 0.1) is 5.82 Å². The van der Waals surface area contributed by atoms with Crippen LogP contribution in [0.1, 0.15) is 5.56 Å². The van der Waals surface area contributed by atoms with Crippen LogP contribution in [0.15, 0.2) is 22.7 Å². The molecule has 1 heterocycles. The van der Waals surface area contributed by atoms with Crippen molar-refractivity contribution in [3.8, 4) is 0 Å². The molecule has 0 aliphatic carbocycles. The lowest BCUT2D eigenvalue weighted by atomic mass is 10.1. The van der Waals surface area contributed by atoms with E-state index in [1.807, 2.05) is 6.07 Å². The van der Waals surface area contributed by atoms with Crippen molar-refractivity contribution in [2.45, 2.75) is 12.6 Å². The van der Waals surface area contributed by atoms with Crippen LogP contribution >= 0.6 is 15.9 Å². The molecule has 1 saturated heterocycles. The Balaban J connectivity index is 2.10. The predicted octanol–water partition coefficient (Wildman–Crippen LogP) is 1.66. The van der Waals surface area contributed by atoms with Gasteiger partial charge in [-0.25, -0.2) is 4.39 Å². The van der Waals surface area contributed by atoms with E-state index in [1.165, 1.54) is 6.07 Å². The highest BCUT2D eigenvalue weighted by molar-refractivity contribution is 9.10. The second kappa shape index (κ2) is 6.10. The number of hydrogen-bond donors (Lipinski definition) is 1. The molecule has 0 aromatic heterocycles. The summed E-state index contributed by atoms with van der Waals surface area (Å²) in [6, 6.07) is 5.53. The summed E-state index contributed by atoms with van der Waals surface area (Å²) in [6.45, 7) is 4.36. The van der Waals surface area contributed by atoms with Gasteiger partial charge in [0.05, 0.1) is 4.47 Å². The first-order valence-corrected chi connectivity index (χ1v) is 6.96. The summed E-state index contributed by atoms with van der Waals surface area (Å²) in [4.78, 5) is 4.62. The molecular weight excluding hydrogens is 297 g/mol. The molecule has 1 aromatic carbocycles. The molecule has 18 heavy (non-hydrogen) atoms. The van der Waals surface area contributed by atoms with Crippen LogP contribution in [0.25, 0.3) is 0 Å². The van der Waals surface area contributed by atoms with Crippen molar-refractivity contribution < 1.29 is 4.39 Å². The molecule has 1 aromatic rings. The van der Waals surface area contributed by atoms with E-state index in [4.69, 9.17) is 5.73 Å². The fourth-order valence-corrected chi connectivity index (χ4v) is 2.76.